The number of aryl methyl sites for hydroxylation is 1. The lowest BCUT2D eigenvalue weighted by atomic mass is 9.87. The number of carbonyl (C=O) groups excluding carboxylic acids is 1. The van der Waals surface area contributed by atoms with E-state index in [9.17, 15) is 4.79 Å². The molecule has 0 N–H and O–H groups in total. The van der Waals surface area contributed by atoms with Crippen LogP contribution in [0.3, 0.4) is 0 Å². The van der Waals surface area contributed by atoms with Gasteiger partial charge in [0.1, 0.15) is 0 Å². The maximum absolute atomic E-state index is 12.8. The highest BCUT2D eigenvalue weighted by molar-refractivity contribution is 6.02. The molecule has 0 unspecified atom stereocenters. The smallest absolute Gasteiger partial charge is 0.262 e. The van der Waals surface area contributed by atoms with E-state index in [0.717, 1.165) is 16.5 Å². The molecule has 3 aromatic rings. The van der Waals surface area contributed by atoms with Crippen molar-refractivity contribution in [1.82, 2.24) is 4.57 Å². The molecule has 0 aliphatic heterocycles. The van der Waals surface area contributed by atoms with Crippen LogP contribution in [0.15, 0.2) is 54.7 Å². The number of benzene rings is 2. The summed E-state index contributed by atoms with van der Waals surface area (Å²) in [4.78, 5) is 12.8. The molecule has 2 nitrogen and oxygen atoms in total. The van der Waals surface area contributed by atoms with Crippen molar-refractivity contribution >= 4 is 16.8 Å². The van der Waals surface area contributed by atoms with Crippen LogP contribution in [0, 0.1) is 6.92 Å². The Balaban J connectivity index is 2.03. The van der Waals surface area contributed by atoms with E-state index >= 15 is 0 Å². The number of carbonyl (C=O) groups is 1. The quantitative estimate of drug-likeness (QED) is 0.622. The first kappa shape index (κ1) is 14.6. The van der Waals surface area contributed by atoms with E-state index in [1.165, 1.54) is 5.56 Å². The Labute approximate surface area is 131 Å². The Bertz CT molecular complexity index is 832. The zero-order chi connectivity index (χ0) is 15.9. The zero-order valence-corrected chi connectivity index (χ0v) is 13.6. The fourth-order valence-electron chi connectivity index (χ4n) is 2.77. The fraction of sp³-hybridized carbons (Fsp3) is 0.250. The van der Waals surface area contributed by atoms with Gasteiger partial charge in [-0.3, -0.25) is 9.36 Å². The van der Waals surface area contributed by atoms with Crippen molar-refractivity contribution < 1.29 is 4.79 Å². The highest BCUT2D eigenvalue weighted by atomic mass is 16.2. The molecule has 112 valence electrons. The molecule has 3 rings (SSSR count). The van der Waals surface area contributed by atoms with Gasteiger partial charge in [0.25, 0.3) is 5.91 Å². The second kappa shape index (κ2) is 5.13. The average molecular weight is 291 g/mol. The van der Waals surface area contributed by atoms with Gasteiger partial charge in [0.05, 0.1) is 5.52 Å². The number of aromatic nitrogens is 1. The van der Waals surface area contributed by atoms with Crippen LogP contribution < -0.4 is 0 Å². The van der Waals surface area contributed by atoms with Gasteiger partial charge in [-0.1, -0.05) is 51.1 Å². The Morgan fingerprint density at radius 1 is 0.955 bits per heavy atom. The molecule has 0 aliphatic rings. The summed E-state index contributed by atoms with van der Waals surface area (Å²) in [5.41, 5.74) is 4.13. The van der Waals surface area contributed by atoms with E-state index in [1.807, 2.05) is 55.6 Å². The maximum atomic E-state index is 12.8. The van der Waals surface area contributed by atoms with E-state index in [1.54, 1.807) is 4.57 Å². The summed E-state index contributed by atoms with van der Waals surface area (Å²) in [7, 11) is 0. The predicted octanol–water partition coefficient (Wildman–Crippen LogP) is 4.94. The molecule has 0 aliphatic carbocycles. The molecule has 1 heterocycles. The van der Waals surface area contributed by atoms with Crippen molar-refractivity contribution in [3.8, 4) is 0 Å². The Morgan fingerprint density at radius 3 is 2.23 bits per heavy atom. The summed E-state index contributed by atoms with van der Waals surface area (Å²) in [6, 6.07) is 16.0. The third-order valence-corrected chi connectivity index (χ3v) is 4.13. The van der Waals surface area contributed by atoms with Gasteiger partial charge in [-0.15, -0.1) is 0 Å². The zero-order valence-electron chi connectivity index (χ0n) is 13.6. The molecular weight excluding hydrogens is 270 g/mol. The molecule has 2 heteroatoms. The molecule has 0 saturated heterocycles. The first-order valence-electron chi connectivity index (χ1n) is 7.60. The predicted molar refractivity (Wildman–Crippen MR) is 91.5 cm³/mol. The Hall–Kier alpha value is -2.35. The number of nitrogens with zero attached hydrogens (tertiary/aromatic N) is 1. The molecule has 0 spiro atoms. The van der Waals surface area contributed by atoms with Crippen molar-refractivity contribution in [3.05, 3.63) is 71.4 Å². The first-order chi connectivity index (χ1) is 10.4. The van der Waals surface area contributed by atoms with Gasteiger partial charge < -0.3 is 0 Å². The van der Waals surface area contributed by atoms with Gasteiger partial charge in [0.2, 0.25) is 0 Å². The van der Waals surface area contributed by atoms with Crippen LogP contribution in [-0.2, 0) is 5.41 Å². The lowest BCUT2D eigenvalue weighted by Gasteiger charge is -2.19. The van der Waals surface area contributed by atoms with Crippen molar-refractivity contribution in [2.24, 2.45) is 0 Å². The lowest BCUT2D eigenvalue weighted by molar-refractivity contribution is 0.0965. The second-order valence-electron chi connectivity index (χ2n) is 6.83. The molecule has 0 radical (unpaired) electrons. The van der Waals surface area contributed by atoms with E-state index < -0.39 is 0 Å². The molecule has 0 bridgehead atoms. The third-order valence-electron chi connectivity index (χ3n) is 4.13. The van der Waals surface area contributed by atoms with Crippen molar-refractivity contribution in [2.45, 2.75) is 33.1 Å². The number of fused-ring (bicyclic) bond motifs is 1. The number of para-hydroxylation sites is 1. The van der Waals surface area contributed by atoms with Crippen molar-refractivity contribution in [2.75, 3.05) is 0 Å². The summed E-state index contributed by atoms with van der Waals surface area (Å²) in [5, 5.41) is 1.13. The van der Waals surface area contributed by atoms with Crippen LogP contribution in [0.1, 0.15) is 42.3 Å². The van der Waals surface area contributed by atoms with Gasteiger partial charge in [-0.25, -0.2) is 0 Å². The minimum Gasteiger partial charge on any atom is -0.283 e. The minimum atomic E-state index is 0.0183. The molecule has 0 fully saturated rings. The van der Waals surface area contributed by atoms with Gasteiger partial charge >= 0.3 is 0 Å². The number of hydrogen-bond acceptors (Lipinski definition) is 1. The number of hydrogen-bond donors (Lipinski definition) is 0. The van der Waals surface area contributed by atoms with Gasteiger partial charge in [0, 0.05) is 17.1 Å². The number of rotatable bonds is 1. The summed E-state index contributed by atoms with van der Waals surface area (Å²) >= 11 is 0. The van der Waals surface area contributed by atoms with Crippen LogP contribution in [0.25, 0.3) is 10.9 Å². The van der Waals surface area contributed by atoms with E-state index in [0.29, 0.717) is 5.56 Å². The van der Waals surface area contributed by atoms with Gasteiger partial charge in [0.15, 0.2) is 0 Å². The highest BCUT2D eigenvalue weighted by Crippen LogP contribution is 2.24. The molecular formula is C20H21NO. The maximum Gasteiger partial charge on any atom is 0.262 e. The van der Waals surface area contributed by atoms with Crippen LogP contribution in [-0.4, -0.2) is 10.5 Å². The van der Waals surface area contributed by atoms with Crippen LogP contribution in [0.4, 0.5) is 0 Å². The molecule has 1 aromatic heterocycles. The highest BCUT2D eigenvalue weighted by Gasteiger charge is 2.16. The molecule has 0 atom stereocenters. The Morgan fingerprint density at radius 2 is 1.59 bits per heavy atom. The summed E-state index contributed by atoms with van der Waals surface area (Å²) in [6.07, 6.45) is 1.92. The van der Waals surface area contributed by atoms with E-state index in [4.69, 9.17) is 0 Å². The third kappa shape index (κ3) is 2.45. The Kier molecular flexibility index (Phi) is 3.40. The molecule has 0 amide bonds. The minimum absolute atomic E-state index is 0.0183. The van der Waals surface area contributed by atoms with Crippen LogP contribution in [0.2, 0.25) is 0 Å². The molecule has 0 saturated carbocycles. The first-order valence-corrected chi connectivity index (χ1v) is 7.60. The summed E-state index contributed by atoms with van der Waals surface area (Å²) < 4.78 is 1.75. The van der Waals surface area contributed by atoms with Crippen LogP contribution >= 0.6 is 0 Å². The molecule has 22 heavy (non-hydrogen) atoms. The van der Waals surface area contributed by atoms with Crippen LogP contribution in [0.5, 0.6) is 0 Å². The van der Waals surface area contributed by atoms with Gasteiger partial charge in [-0.2, -0.15) is 0 Å². The average Bonchev–Trinajstić information content (AvgIpc) is 2.83. The SMILES string of the molecule is Cc1cn(C(=O)c2ccc(C(C)(C)C)cc2)c2ccccc12. The van der Waals surface area contributed by atoms with E-state index in [2.05, 4.69) is 26.8 Å². The topological polar surface area (TPSA) is 22.0 Å². The molecule has 2 aromatic carbocycles. The standard InChI is InChI=1S/C20H21NO/c1-14-13-21(18-8-6-5-7-17(14)18)19(22)15-9-11-16(12-10-15)20(2,3)4/h5-13H,1-4H3. The summed E-state index contributed by atoms with van der Waals surface area (Å²) in [6.45, 7) is 8.56. The van der Waals surface area contributed by atoms with Crippen molar-refractivity contribution in [3.63, 3.8) is 0 Å². The largest absolute Gasteiger partial charge is 0.283 e. The summed E-state index contributed by atoms with van der Waals surface area (Å²) in [5.74, 6) is 0.0183. The lowest BCUT2D eigenvalue weighted by Crippen LogP contribution is -2.13. The van der Waals surface area contributed by atoms with E-state index in [-0.39, 0.29) is 11.3 Å². The van der Waals surface area contributed by atoms with Gasteiger partial charge in [-0.05, 0) is 41.7 Å². The fourth-order valence-corrected chi connectivity index (χ4v) is 2.77. The normalized spacial score (nSPS) is 11.8. The monoisotopic (exact) mass is 291 g/mol. The van der Waals surface area contributed by atoms with Crippen molar-refractivity contribution in [1.29, 1.82) is 0 Å². The second-order valence-corrected chi connectivity index (χ2v) is 6.83.